The van der Waals surface area contributed by atoms with Crippen molar-refractivity contribution in [2.75, 3.05) is 5.32 Å². The van der Waals surface area contributed by atoms with Crippen LogP contribution in [0.25, 0.3) is 5.52 Å². The predicted octanol–water partition coefficient (Wildman–Crippen LogP) is 3.53. The molecule has 4 aromatic rings. The first-order valence-electron chi connectivity index (χ1n) is 9.56. The number of imidazole rings is 1. The molecular weight excluding hydrogens is 378 g/mol. The van der Waals surface area contributed by atoms with Crippen LogP contribution in [0, 0.1) is 13.8 Å². The Morgan fingerprint density at radius 1 is 1.03 bits per heavy atom. The molecule has 0 saturated heterocycles. The van der Waals surface area contributed by atoms with Gasteiger partial charge in [0.25, 0.3) is 11.8 Å². The van der Waals surface area contributed by atoms with Gasteiger partial charge in [0, 0.05) is 30.8 Å². The van der Waals surface area contributed by atoms with E-state index in [4.69, 9.17) is 0 Å². The molecule has 150 valence electrons. The van der Waals surface area contributed by atoms with Crippen molar-refractivity contribution >= 4 is 23.0 Å². The number of nitrogens with zero attached hydrogens (tertiary/aromatic N) is 3. The lowest BCUT2D eigenvalue weighted by atomic mass is 10.1. The maximum absolute atomic E-state index is 12.9. The summed E-state index contributed by atoms with van der Waals surface area (Å²) in [5, 5.41) is 5.73. The van der Waals surface area contributed by atoms with Gasteiger partial charge in [0.1, 0.15) is 0 Å². The highest BCUT2D eigenvalue weighted by Gasteiger charge is 2.21. The molecule has 0 saturated carbocycles. The first-order chi connectivity index (χ1) is 14.5. The maximum atomic E-state index is 12.9. The molecule has 0 fully saturated rings. The summed E-state index contributed by atoms with van der Waals surface area (Å²) in [5.41, 5.74) is 4.42. The Morgan fingerprint density at radius 3 is 2.67 bits per heavy atom. The maximum Gasteiger partial charge on any atom is 0.292 e. The Morgan fingerprint density at radius 2 is 1.90 bits per heavy atom. The van der Waals surface area contributed by atoms with Crippen molar-refractivity contribution in [2.45, 2.75) is 20.4 Å². The van der Waals surface area contributed by atoms with Crippen LogP contribution >= 0.6 is 0 Å². The monoisotopic (exact) mass is 399 g/mol. The molecule has 4 rings (SSSR count). The second kappa shape index (κ2) is 8.16. The number of rotatable bonds is 5. The van der Waals surface area contributed by atoms with Crippen LogP contribution in [0.3, 0.4) is 0 Å². The Bertz CT molecular complexity index is 1230. The minimum absolute atomic E-state index is 0.150. The van der Waals surface area contributed by atoms with E-state index in [-0.39, 0.29) is 23.3 Å². The number of carbonyl (C=O) groups excluding carboxylic acids is 2. The number of pyridine rings is 2. The van der Waals surface area contributed by atoms with Crippen molar-refractivity contribution in [3.05, 3.63) is 95.3 Å². The summed E-state index contributed by atoms with van der Waals surface area (Å²) < 4.78 is 1.62. The van der Waals surface area contributed by atoms with Crippen molar-refractivity contribution in [1.29, 1.82) is 0 Å². The first kappa shape index (κ1) is 19.3. The molecule has 3 heterocycles. The number of aryl methyl sites for hydroxylation is 2. The molecule has 7 heteroatoms. The molecule has 0 atom stereocenters. The minimum Gasteiger partial charge on any atom is -0.346 e. The van der Waals surface area contributed by atoms with Crippen molar-refractivity contribution in [2.24, 2.45) is 0 Å². The lowest BCUT2D eigenvalue weighted by Gasteiger charge is -2.08. The molecule has 0 unspecified atom stereocenters. The smallest absolute Gasteiger partial charge is 0.292 e. The molecule has 30 heavy (non-hydrogen) atoms. The van der Waals surface area contributed by atoms with Gasteiger partial charge in [-0.15, -0.1) is 0 Å². The lowest BCUT2D eigenvalue weighted by molar-refractivity contribution is 0.0948. The van der Waals surface area contributed by atoms with E-state index in [1.54, 1.807) is 41.2 Å². The molecule has 2 N–H and O–H groups in total. The van der Waals surface area contributed by atoms with E-state index >= 15 is 0 Å². The van der Waals surface area contributed by atoms with E-state index < -0.39 is 0 Å². The van der Waals surface area contributed by atoms with Crippen LogP contribution in [-0.4, -0.2) is 26.2 Å². The van der Waals surface area contributed by atoms with Crippen LogP contribution in [0.1, 0.15) is 37.8 Å². The van der Waals surface area contributed by atoms with E-state index in [0.717, 1.165) is 16.7 Å². The average Bonchev–Trinajstić information content (AvgIpc) is 3.15. The molecule has 1 aromatic carbocycles. The van der Waals surface area contributed by atoms with Gasteiger partial charge < -0.3 is 10.6 Å². The highest BCUT2D eigenvalue weighted by molar-refractivity contribution is 6.06. The van der Waals surface area contributed by atoms with E-state index in [1.807, 2.05) is 44.2 Å². The van der Waals surface area contributed by atoms with Crippen LogP contribution in [0.5, 0.6) is 0 Å². The van der Waals surface area contributed by atoms with Crippen molar-refractivity contribution in [3.8, 4) is 0 Å². The zero-order chi connectivity index (χ0) is 21.1. The SMILES string of the molecule is Cc1ccc(NC(=O)c2nc(C(=O)NCc3cccnc3)c3ccccn23)c(C)c1. The van der Waals surface area contributed by atoms with Gasteiger partial charge in [-0.25, -0.2) is 4.98 Å². The van der Waals surface area contributed by atoms with E-state index in [0.29, 0.717) is 17.7 Å². The molecule has 7 nitrogen and oxygen atoms in total. The van der Waals surface area contributed by atoms with Gasteiger partial charge in [0.2, 0.25) is 5.82 Å². The van der Waals surface area contributed by atoms with E-state index in [9.17, 15) is 9.59 Å². The van der Waals surface area contributed by atoms with Crippen molar-refractivity contribution in [1.82, 2.24) is 19.7 Å². The predicted molar refractivity (Wildman–Crippen MR) is 114 cm³/mol. The molecule has 0 bridgehead atoms. The number of hydrogen-bond donors (Lipinski definition) is 2. The number of benzene rings is 1. The van der Waals surface area contributed by atoms with Gasteiger partial charge in [-0.2, -0.15) is 0 Å². The summed E-state index contributed by atoms with van der Waals surface area (Å²) in [5.74, 6) is -0.584. The molecular formula is C23H21N5O2. The standard InChI is InChI=1S/C23H21N5O2/c1-15-8-9-18(16(2)12-15)26-23(30)21-27-20(19-7-3-4-11-28(19)21)22(29)25-14-17-6-5-10-24-13-17/h3-13H,14H2,1-2H3,(H,25,29)(H,26,30). The van der Waals surface area contributed by atoms with Gasteiger partial charge in [-0.1, -0.05) is 29.8 Å². The van der Waals surface area contributed by atoms with Gasteiger partial charge in [0.15, 0.2) is 5.69 Å². The zero-order valence-electron chi connectivity index (χ0n) is 16.7. The Hall–Kier alpha value is -4.00. The lowest BCUT2D eigenvalue weighted by Crippen LogP contribution is -2.23. The van der Waals surface area contributed by atoms with Gasteiger partial charge in [0.05, 0.1) is 5.52 Å². The van der Waals surface area contributed by atoms with Crippen molar-refractivity contribution in [3.63, 3.8) is 0 Å². The molecule has 0 aliphatic carbocycles. The van der Waals surface area contributed by atoms with E-state index in [2.05, 4.69) is 20.6 Å². The summed E-state index contributed by atoms with van der Waals surface area (Å²) in [6.07, 6.45) is 5.08. The average molecular weight is 399 g/mol. The summed E-state index contributed by atoms with van der Waals surface area (Å²) >= 11 is 0. The summed E-state index contributed by atoms with van der Waals surface area (Å²) in [4.78, 5) is 34.1. The Labute approximate surface area is 173 Å². The number of fused-ring (bicyclic) bond motifs is 1. The number of aromatic nitrogens is 3. The summed E-state index contributed by atoms with van der Waals surface area (Å²) in [7, 11) is 0. The summed E-state index contributed by atoms with van der Waals surface area (Å²) in [6, 6.07) is 14.8. The second-order valence-corrected chi connectivity index (χ2v) is 7.06. The molecule has 3 aromatic heterocycles. The molecule has 0 spiro atoms. The number of nitrogens with one attached hydrogen (secondary N) is 2. The molecule has 0 aliphatic rings. The third-order valence-electron chi connectivity index (χ3n) is 4.77. The third-order valence-corrected chi connectivity index (χ3v) is 4.77. The number of anilines is 1. The molecule has 0 aliphatic heterocycles. The zero-order valence-corrected chi connectivity index (χ0v) is 16.7. The quantitative estimate of drug-likeness (QED) is 0.537. The first-order valence-corrected chi connectivity index (χ1v) is 9.56. The van der Waals surface area contributed by atoms with E-state index in [1.165, 1.54) is 0 Å². The number of amides is 2. The molecule has 0 radical (unpaired) electrons. The topological polar surface area (TPSA) is 88.4 Å². The number of hydrogen-bond acceptors (Lipinski definition) is 4. The Balaban J connectivity index is 1.61. The normalized spacial score (nSPS) is 10.7. The van der Waals surface area contributed by atoms with Crippen LogP contribution in [-0.2, 0) is 6.54 Å². The third kappa shape index (κ3) is 3.91. The number of carbonyl (C=O) groups is 2. The Kier molecular flexibility index (Phi) is 5.26. The fourth-order valence-electron chi connectivity index (χ4n) is 3.27. The van der Waals surface area contributed by atoms with Crippen LogP contribution < -0.4 is 10.6 Å². The summed E-state index contributed by atoms with van der Waals surface area (Å²) in [6.45, 7) is 4.25. The van der Waals surface area contributed by atoms with Gasteiger partial charge >= 0.3 is 0 Å². The highest BCUT2D eigenvalue weighted by Crippen LogP contribution is 2.19. The van der Waals surface area contributed by atoms with Crippen LogP contribution in [0.4, 0.5) is 5.69 Å². The van der Waals surface area contributed by atoms with Gasteiger partial charge in [-0.3, -0.25) is 19.0 Å². The fourth-order valence-corrected chi connectivity index (χ4v) is 3.27. The second-order valence-electron chi connectivity index (χ2n) is 7.06. The fraction of sp³-hybridized carbons (Fsp3) is 0.130. The largest absolute Gasteiger partial charge is 0.346 e. The highest BCUT2D eigenvalue weighted by atomic mass is 16.2. The van der Waals surface area contributed by atoms with Crippen LogP contribution in [0.15, 0.2) is 67.1 Å². The van der Waals surface area contributed by atoms with Crippen LogP contribution in [0.2, 0.25) is 0 Å². The van der Waals surface area contributed by atoms with Crippen molar-refractivity contribution < 1.29 is 9.59 Å². The minimum atomic E-state index is -0.380. The van der Waals surface area contributed by atoms with Gasteiger partial charge in [-0.05, 0) is 49.2 Å². The molecule has 2 amide bonds.